The summed E-state index contributed by atoms with van der Waals surface area (Å²) in [5.74, 6) is -0.566. The molecule has 15 heteroatoms. The Hall–Kier alpha value is -4.15. The van der Waals surface area contributed by atoms with Crippen LogP contribution in [0.4, 0.5) is 5.69 Å². The van der Waals surface area contributed by atoms with E-state index < -0.39 is 5.97 Å². The first kappa shape index (κ1) is 48.5. The van der Waals surface area contributed by atoms with E-state index in [1.54, 1.807) is 16.2 Å². The average Bonchev–Trinajstić information content (AvgIpc) is 3.83. The largest absolute Gasteiger partial charge is 0.481 e. The summed E-state index contributed by atoms with van der Waals surface area (Å²) in [6.07, 6.45) is 8.79. The molecular weight excluding hydrogens is 789 g/mol. The van der Waals surface area contributed by atoms with E-state index in [2.05, 4.69) is 10.6 Å². The molecule has 0 spiro atoms. The number of aliphatic carboxylic acids is 1. The third-order valence-corrected chi connectivity index (χ3v) is 11.6. The molecule has 0 radical (unpaired) electrons. The first-order valence-corrected chi connectivity index (χ1v) is 22.6. The minimum absolute atomic E-state index is 0.0178. The van der Waals surface area contributed by atoms with Gasteiger partial charge in [0, 0.05) is 44.1 Å². The van der Waals surface area contributed by atoms with E-state index in [0.29, 0.717) is 84.4 Å². The number of carbonyl (C=O) groups is 5. The summed E-state index contributed by atoms with van der Waals surface area (Å²) in [6, 6.07) is 11.8. The van der Waals surface area contributed by atoms with Crippen molar-refractivity contribution in [3.8, 4) is 0 Å². The van der Waals surface area contributed by atoms with E-state index in [1.807, 2.05) is 60.2 Å². The molecule has 0 atom stereocenters. The Bertz CT molecular complexity index is 1770. The lowest BCUT2D eigenvalue weighted by Crippen LogP contribution is -2.35. The molecule has 14 nitrogen and oxygen atoms in total. The van der Waals surface area contributed by atoms with Crippen LogP contribution in [0.1, 0.15) is 100 Å². The minimum atomic E-state index is -0.886. The quantitative estimate of drug-likeness (QED) is 0.0475. The first-order valence-electron chi connectivity index (χ1n) is 21.7. The number of benzene rings is 1. The maximum Gasteiger partial charge on any atom is 0.305 e. The van der Waals surface area contributed by atoms with E-state index in [4.69, 9.17) is 24.1 Å². The maximum atomic E-state index is 13.7. The number of Topliss-reactive ketones (excluding diaryl/α,β-unsaturated/α-hetero) is 1. The molecular formula is C45H66N4O10S. The van der Waals surface area contributed by atoms with Gasteiger partial charge in [0.05, 0.1) is 75.2 Å². The molecule has 1 aromatic carbocycles. The van der Waals surface area contributed by atoms with Gasteiger partial charge < -0.3 is 44.2 Å². The Morgan fingerprint density at radius 1 is 0.783 bits per heavy atom. The lowest BCUT2D eigenvalue weighted by Gasteiger charge is -2.27. The summed E-state index contributed by atoms with van der Waals surface area (Å²) in [6.45, 7) is 8.73. The van der Waals surface area contributed by atoms with Crippen molar-refractivity contribution < 1.29 is 48.0 Å². The van der Waals surface area contributed by atoms with E-state index in [0.717, 1.165) is 79.3 Å². The maximum absolute atomic E-state index is 13.7. The van der Waals surface area contributed by atoms with Crippen LogP contribution in [0.25, 0.3) is 10.2 Å². The summed E-state index contributed by atoms with van der Waals surface area (Å²) in [4.78, 5) is 64.6. The van der Waals surface area contributed by atoms with Crippen molar-refractivity contribution in [2.24, 2.45) is 11.8 Å². The van der Waals surface area contributed by atoms with Crippen molar-refractivity contribution in [2.45, 2.75) is 97.4 Å². The number of carboxylic acid groups (broad SMARTS) is 1. The molecule has 4 rings (SSSR count). The Morgan fingerprint density at radius 2 is 1.45 bits per heavy atom. The van der Waals surface area contributed by atoms with Crippen LogP contribution in [-0.4, -0.2) is 112 Å². The number of nitrogens with one attached hydrogen (secondary N) is 2. The number of fused-ring (bicyclic) bond motifs is 1. The molecule has 2 aromatic heterocycles. The highest BCUT2D eigenvalue weighted by atomic mass is 32.1. The number of carboxylic acids is 1. The number of aryl methyl sites for hydroxylation is 1. The van der Waals surface area contributed by atoms with Crippen molar-refractivity contribution in [3.05, 3.63) is 53.0 Å². The number of nitrogens with zero attached hydrogens (tertiary/aromatic N) is 2. The van der Waals surface area contributed by atoms with E-state index in [-0.39, 0.29) is 54.9 Å². The van der Waals surface area contributed by atoms with Crippen LogP contribution in [0.5, 0.6) is 0 Å². The molecule has 1 fully saturated rings. The standard InChI is InChI=1S/C45H66N4O10S/c1-3-48(37-11-9-10-34(2)30-37)43(52)33-49-38-18-29-60-41(38)32-39(49)40(50)31-35-13-15-36(16-14-35)45(55)47-19-8-6-4-5-7-12-42(51)46-20-22-57-24-26-59-28-27-58-25-23-56-21-17-44(53)54/h9-11,18,29-30,32,35-36H,3-8,12-17,19-28,31,33H2,1-2H3,(H,46,51)(H,47,55)(H,53,54). The van der Waals surface area contributed by atoms with E-state index in [9.17, 15) is 24.0 Å². The Labute approximate surface area is 358 Å². The van der Waals surface area contributed by atoms with Crippen LogP contribution in [0.3, 0.4) is 0 Å². The van der Waals surface area contributed by atoms with Crippen LogP contribution in [-0.2, 0) is 44.7 Å². The van der Waals surface area contributed by atoms with Crippen molar-refractivity contribution >= 4 is 56.7 Å². The lowest BCUT2D eigenvalue weighted by atomic mass is 9.79. The highest BCUT2D eigenvalue weighted by Gasteiger charge is 2.29. The number of anilines is 1. The fourth-order valence-electron chi connectivity index (χ4n) is 7.46. The second-order valence-corrected chi connectivity index (χ2v) is 16.3. The summed E-state index contributed by atoms with van der Waals surface area (Å²) in [7, 11) is 0. The van der Waals surface area contributed by atoms with Crippen LogP contribution >= 0.6 is 11.3 Å². The van der Waals surface area contributed by atoms with E-state index in [1.165, 1.54) is 0 Å². The Balaban J connectivity index is 0.989. The predicted molar refractivity (Wildman–Crippen MR) is 233 cm³/mol. The fourth-order valence-corrected chi connectivity index (χ4v) is 8.28. The summed E-state index contributed by atoms with van der Waals surface area (Å²) < 4.78 is 24.3. The number of aromatic nitrogens is 1. The molecule has 0 aliphatic heterocycles. The topological polar surface area (TPSA) is 175 Å². The van der Waals surface area contributed by atoms with Gasteiger partial charge in [-0.25, -0.2) is 0 Å². The SMILES string of the molecule is CCN(C(=O)Cn1c(C(=O)CC2CCC(C(=O)NCCCCCCCC(=O)NCCOCCOCCOCCOCCC(=O)O)CC2)cc2sccc21)c1cccc(C)c1. The van der Waals surface area contributed by atoms with Gasteiger partial charge in [-0.3, -0.25) is 24.0 Å². The zero-order valence-corrected chi connectivity index (χ0v) is 36.4. The number of carbonyl (C=O) groups excluding carboxylic acids is 4. The molecule has 0 bridgehead atoms. The van der Waals surface area contributed by atoms with Crippen LogP contribution < -0.4 is 15.5 Å². The number of hydrogen-bond acceptors (Lipinski definition) is 10. The number of rotatable bonds is 31. The van der Waals surface area contributed by atoms with Gasteiger partial charge in [-0.2, -0.15) is 0 Å². The average molecular weight is 855 g/mol. The molecule has 3 aromatic rings. The van der Waals surface area contributed by atoms with Crippen molar-refractivity contribution in [3.63, 3.8) is 0 Å². The summed E-state index contributed by atoms with van der Waals surface area (Å²) in [5.41, 5.74) is 3.45. The molecule has 2 heterocycles. The number of amides is 3. The smallest absolute Gasteiger partial charge is 0.305 e. The van der Waals surface area contributed by atoms with Crippen molar-refractivity contribution in [2.75, 3.05) is 77.4 Å². The third kappa shape index (κ3) is 17.4. The summed E-state index contributed by atoms with van der Waals surface area (Å²) in [5, 5.41) is 16.5. The second-order valence-electron chi connectivity index (χ2n) is 15.4. The molecule has 332 valence electrons. The van der Waals surface area contributed by atoms with E-state index >= 15 is 0 Å². The van der Waals surface area contributed by atoms with Crippen LogP contribution in [0.2, 0.25) is 0 Å². The number of likely N-dealkylation sites (N-methyl/N-ethyl adjacent to an activating group) is 1. The Kier molecular flexibility index (Phi) is 22.4. The molecule has 60 heavy (non-hydrogen) atoms. The van der Waals surface area contributed by atoms with Gasteiger partial charge in [0.1, 0.15) is 6.54 Å². The third-order valence-electron chi connectivity index (χ3n) is 10.7. The molecule has 0 saturated heterocycles. The Morgan fingerprint density at radius 3 is 2.13 bits per heavy atom. The number of thiophene rings is 1. The zero-order valence-electron chi connectivity index (χ0n) is 35.6. The highest BCUT2D eigenvalue weighted by molar-refractivity contribution is 7.17. The summed E-state index contributed by atoms with van der Waals surface area (Å²) >= 11 is 1.58. The van der Waals surface area contributed by atoms with Gasteiger partial charge in [0.15, 0.2) is 5.78 Å². The minimum Gasteiger partial charge on any atom is -0.481 e. The molecule has 3 amide bonds. The predicted octanol–water partition coefficient (Wildman–Crippen LogP) is 6.56. The monoisotopic (exact) mass is 854 g/mol. The van der Waals surface area contributed by atoms with Gasteiger partial charge in [-0.1, -0.05) is 31.4 Å². The number of unbranched alkanes of at least 4 members (excludes halogenated alkanes) is 4. The highest BCUT2D eigenvalue weighted by Crippen LogP contribution is 2.33. The van der Waals surface area contributed by atoms with Crippen molar-refractivity contribution in [1.82, 2.24) is 15.2 Å². The normalized spacial score (nSPS) is 15.2. The zero-order chi connectivity index (χ0) is 43.0. The molecule has 1 aliphatic rings. The van der Waals surface area contributed by atoms with Crippen LogP contribution in [0.15, 0.2) is 41.8 Å². The van der Waals surface area contributed by atoms with Gasteiger partial charge >= 0.3 is 5.97 Å². The molecule has 1 aliphatic carbocycles. The lowest BCUT2D eigenvalue weighted by molar-refractivity contribution is -0.138. The first-order chi connectivity index (χ1) is 29.2. The number of ether oxygens (including phenoxy) is 4. The molecule has 0 unspecified atom stereocenters. The van der Waals surface area contributed by atoms with Crippen LogP contribution in [0, 0.1) is 18.8 Å². The van der Waals surface area contributed by atoms with Gasteiger partial charge in [0.2, 0.25) is 17.7 Å². The fraction of sp³-hybridized carbons (Fsp3) is 0.622. The van der Waals surface area contributed by atoms with Gasteiger partial charge in [-0.15, -0.1) is 11.3 Å². The number of hydrogen-bond donors (Lipinski definition) is 3. The van der Waals surface area contributed by atoms with Gasteiger partial charge in [-0.05, 0) is 93.5 Å². The number of ketones is 1. The van der Waals surface area contributed by atoms with Gasteiger partial charge in [0.25, 0.3) is 0 Å². The molecule has 1 saturated carbocycles. The molecule has 3 N–H and O–H groups in total. The second kappa shape index (κ2) is 27.6. The van der Waals surface area contributed by atoms with Crippen molar-refractivity contribution in [1.29, 1.82) is 0 Å².